The maximum absolute atomic E-state index is 11.3. The molecule has 3 aromatic rings. The van der Waals surface area contributed by atoms with E-state index in [1.807, 2.05) is 25.1 Å². The Balaban J connectivity index is 1.86. The molecule has 0 unspecified atom stereocenters. The standard InChI is InChI=1S/C22H23ClN2O4/c1-14-17(9-11-29-25-19(27)8-10-26)20-18(24-14)13-16(22(28-2)21(20)23)12-15-6-4-3-5-7-15/h3-7,10,13,24H,8-9,11-12H2,1-2H3,(H,25,27). The van der Waals surface area contributed by atoms with Gasteiger partial charge in [-0.25, -0.2) is 5.48 Å². The molecule has 0 spiro atoms. The molecule has 6 nitrogen and oxygen atoms in total. The van der Waals surface area contributed by atoms with E-state index >= 15 is 0 Å². The Morgan fingerprint density at radius 2 is 2.03 bits per heavy atom. The molecule has 152 valence electrons. The van der Waals surface area contributed by atoms with Crippen LogP contribution in [-0.4, -0.2) is 30.9 Å². The molecule has 0 bridgehead atoms. The van der Waals surface area contributed by atoms with Crippen molar-refractivity contribution in [1.82, 2.24) is 10.5 Å². The highest BCUT2D eigenvalue weighted by Gasteiger charge is 2.19. The minimum absolute atomic E-state index is 0.223. The lowest BCUT2D eigenvalue weighted by atomic mass is 10.0. The molecule has 2 aromatic carbocycles. The number of halogens is 1. The zero-order chi connectivity index (χ0) is 20.8. The summed E-state index contributed by atoms with van der Waals surface area (Å²) in [7, 11) is 1.62. The van der Waals surface area contributed by atoms with Crippen molar-refractivity contribution in [3.63, 3.8) is 0 Å². The molecule has 0 atom stereocenters. The van der Waals surface area contributed by atoms with Crippen LogP contribution in [0.15, 0.2) is 36.4 Å². The molecule has 7 heteroatoms. The quantitative estimate of drug-likeness (QED) is 0.241. The average Bonchev–Trinajstić information content (AvgIpc) is 3.02. The van der Waals surface area contributed by atoms with Crippen molar-refractivity contribution in [2.24, 2.45) is 0 Å². The van der Waals surface area contributed by atoms with Gasteiger partial charge < -0.3 is 14.5 Å². The molecule has 1 heterocycles. The van der Waals surface area contributed by atoms with E-state index in [0.717, 1.165) is 27.7 Å². The van der Waals surface area contributed by atoms with E-state index in [4.69, 9.17) is 21.2 Å². The molecule has 0 aliphatic carbocycles. The lowest BCUT2D eigenvalue weighted by Crippen LogP contribution is -2.24. The molecular weight excluding hydrogens is 392 g/mol. The van der Waals surface area contributed by atoms with Crippen molar-refractivity contribution in [3.05, 3.63) is 63.8 Å². The Morgan fingerprint density at radius 3 is 2.72 bits per heavy atom. The summed E-state index contributed by atoms with van der Waals surface area (Å²) in [5.41, 5.74) is 7.33. The van der Waals surface area contributed by atoms with Crippen molar-refractivity contribution < 1.29 is 19.2 Å². The Hall–Kier alpha value is -2.83. The number of hydrogen-bond acceptors (Lipinski definition) is 4. The second kappa shape index (κ2) is 9.58. The third kappa shape index (κ3) is 4.78. The predicted octanol–water partition coefficient (Wildman–Crippen LogP) is 3.91. The van der Waals surface area contributed by atoms with Gasteiger partial charge in [-0.3, -0.25) is 9.63 Å². The highest BCUT2D eigenvalue weighted by Crippen LogP contribution is 2.40. The number of aromatic nitrogens is 1. The molecule has 0 fully saturated rings. The van der Waals surface area contributed by atoms with E-state index in [1.54, 1.807) is 7.11 Å². The first-order valence-corrected chi connectivity index (χ1v) is 9.67. The molecule has 0 radical (unpaired) electrons. The summed E-state index contributed by atoms with van der Waals surface area (Å²) in [6.07, 6.45) is 1.55. The minimum Gasteiger partial charge on any atom is -0.495 e. The molecule has 1 aromatic heterocycles. The van der Waals surface area contributed by atoms with Crippen molar-refractivity contribution in [2.45, 2.75) is 26.2 Å². The van der Waals surface area contributed by atoms with Gasteiger partial charge in [0, 0.05) is 35.0 Å². The van der Waals surface area contributed by atoms with Gasteiger partial charge in [-0.15, -0.1) is 0 Å². The Morgan fingerprint density at radius 1 is 1.28 bits per heavy atom. The molecule has 0 saturated heterocycles. The Bertz CT molecular complexity index is 1010. The number of ether oxygens (including phenoxy) is 1. The van der Waals surface area contributed by atoms with E-state index in [-0.39, 0.29) is 13.0 Å². The van der Waals surface area contributed by atoms with Crippen molar-refractivity contribution >= 4 is 34.7 Å². The molecule has 29 heavy (non-hydrogen) atoms. The van der Waals surface area contributed by atoms with E-state index in [0.29, 0.717) is 29.9 Å². The molecule has 0 aliphatic rings. The largest absolute Gasteiger partial charge is 0.495 e. The number of methoxy groups -OCH3 is 1. The summed E-state index contributed by atoms with van der Waals surface area (Å²) in [5, 5.41) is 1.45. The number of H-pyrrole nitrogens is 1. The minimum atomic E-state index is -0.471. The Labute approximate surface area is 174 Å². The van der Waals surface area contributed by atoms with Gasteiger partial charge in [0.2, 0.25) is 0 Å². The van der Waals surface area contributed by atoms with Gasteiger partial charge in [-0.2, -0.15) is 0 Å². The van der Waals surface area contributed by atoms with E-state index < -0.39 is 5.91 Å². The lowest BCUT2D eigenvalue weighted by molar-refractivity contribution is -0.134. The molecule has 2 N–H and O–H groups in total. The molecule has 0 saturated carbocycles. The zero-order valence-corrected chi connectivity index (χ0v) is 17.1. The monoisotopic (exact) mass is 414 g/mol. The molecule has 0 aliphatic heterocycles. The first-order valence-electron chi connectivity index (χ1n) is 9.29. The van der Waals surface area contributed by atoms with Crippen molar-refractivity contribution in [2.75, 3.05) is 13.7 Å². The van der Waals surface area contributed by atoms with Crippen molar-refractivity contribution in [1.29, 1.82) is 0 Å². The van der Waals surface area contributed by atoms with Crippen LogP contribution in [0.25, 0.3) is 10.9 Å². The molecular formula is C22H23ClN2O4. The second-order valence-corrected chi connectivity index (χ2v) is 7.07. The topological polar surface area (TPSA) is 80.4 Å². The summed E-state index contributed by atoms with van der Waals surface area (Å²) in [6.45, 7) is 2.22. The van der Waals surface area contributed by atoms with E-state index in [9.17, 15) is 9.59 Å². The fourth-order valence-corrected chi connectivity index (χ4v) is 3.84. The number of carbonyl (C=O) groups excluding carboxylic acids is 2. The fraction of sp³-hybridized carbons (Fsp3) is 0.273. The number of rotatable bonds is 9. The van der Waals surface area contributed by atoms with Gasteiger partial charge in [0.05, 0.1) is 25.2 Å². The van der Waals surface area contributed by atoms with Crippen LogP contribution >= 0.6 is 11.6 Å². The van der Waals surface area contributed by atoms with Crippen molar-refractivity contribution in [3.8, 4) is 5.75 Å². The Kier molecular flexibility index (Phi) is 6.90. The number of aryl methyl sites for hydroxylation is 1. The number of aromatic amines is 1. The SMILES string of the molecule is COc1c(Cc2ccccc2)cc2[nH]c(C)c(CCONC(=O)CC=O)c2c1Cl. The van der Waals surface area contributed by atoms with E-state index in [2.05, 4.69) is 28.7 Å². The number of fused-ring (bicyclic) bond motifs is 1. The summed E-state index contributed by atoms with van der Waals surface area (Å²) >= 11 is 6.74. The van der Waals surface area contributed by atoms with Crippen LogP contribution in [0.2, 0.25) is 5.02 Å². The van der Waals surface area contributed by atoms with Crippen LogP contribution in [0.4, 0.5) is 0 Å². The number of nitrogens with one attached hydrogen (secondary N) is 2. The van der Waals surface area contributed by atoms with Gasteiger partial charge in [-0.1, -0.05) is 41.9 Å². The summed E-state index contributed by atoms with van der Waals surface area (Å²) in [4.78, 5) is 30.2. The molecule has 3 rings (SSSR count). The normalized spacial score (nSPS) is 10.9. The number of carbonyl (C=O) groups is 2. The molecule has 1 amide bonds. The average molecular weight is 415 g/mol. The zero-order valence-electron chi connectivity index (χ0n) is 16.4. The van der Waals surface area contributed by atoms with Crippen LogP contribution < -0.4 is 10.2 Å². The van der Waals surface area contributed by atoms with Crippen LogP contribution in [0.1, 0.15) is 28.8 Å². The predicted molar refractivity (Wildman–Crippen MR) is 112 cm³/mol. The first-order chi connectivity index (χ1) is 14.0. The van der Waals surface area contributed by atoms with Gasteiger partial charge in [0.1, 0.15) is 12.0 Å². The maximum Gasteiger partial charge on any atom is 0.250 e. The number of hydroxylamine groups is 1. The lowest BCUT2D eigenvalue weighted by Gasteiger charge is -2.13. The van der Waals surface area contributed by atoms with Crippen LogP contribution in [0, 0.1) is 6.92 Å². The first kappa shape index (κ1) is 20.9. The number of aldehydes is 1. The number of hydrogen-bond donors (Lipinski definition) is 2. The fourth-order valence-electron chi connectivity index (χ4n) is 3.43. The number of benzene rings is 2. The maximum atomic E-state index is 11.3. The smallest absolute Gasteiger partial charge is 0.250 e. The summed E-state index contributed by atoms with van der Waals surface area (Å²) in [5.74, 6) is 0.185. The third-order valence-electron chi connectivity index (χ3n) is 4.73. The van der Waals surface area contributed by atoms with Crippen LogP contribution in [-0.2, 0) is 27.3 Å². The summed E-state index contributed by atoms with van der Waals surface area (Å²) < 4.78 is 5.64. The van der Waals surface area contributed by atoms with Gasteiger partial charge >= 0.3 is 0 Å². The second-order valence-electron chi connectivity index (χ2n) is 6.69. The van der Waals surface area contributed by atoms with Gasteiger partial charge in [0.15, 0.2) is 0 Å². The summed E-state index contributed by atoms with van der Waals surface area (Å²) in [6, 6.07) is 12.2. The highest BCUT2D eigenvalue weighted by atomic mass is 35.5. The third-order valence-corrected chi connectivity index (χ3v) is 5.09. The van der Waals surface area contributed by atoms with Gasteiger partial charge in [0.25, 0.3) is 5.91 Å². The van der Waals surface area contributed by atoms with E-state index in [1.165, 1.54) is 5.56 Å². The highest BCUT2D eigenvalue weighted by molar-refractivity contribution is 6.37. The van der Waals surface area contributed by atoms with Gasteiger partial charge in [-0.05, 0) is 24.1 Å². The van der Waals surface area contributed by atoms with Crippen LogP contribution in [0.5, 0.6) is 5.75 Å². The number of amides is 1. The van der Waals surface area contributed by atoms with Crippen LogP contribution in [0.3, 0.4) is 0 Å².